The summed E-state index contributed by atoms with van der Waals surface area (Å²) < 4.78 is 17.0. The first-order valence-electron chi connectivity index (χ1n) is 35.3. The van der Waals surface area contributed by atoms with Crippen LogP contribution >= 0.6 is 0 Å². The van der Waals surface area contributed by atoms with Crippen LogP contribution in [0, 0.1) is 0 Å². The SMILES string of the molecule is CC/C=C\C/C=C\C/C=C\CCCCCC(=O)OCC(COC(=O)CCCCCCCCCCCCCCC/C=C\C/C=C\CCCCCCC)OC(=O)CCCCCCCCCCCCCCCCCCCCCCCCCC. The van der Waals surface area contributed by atoms with Gasteiger partial charge in [0.25, 0.3) is 0 Å². The molecule has 6 heteroatoms. The number of unbranched alkanes of at least 4 members (excludes halogenated alkanes) is 44. The minimum atomic E-state index is -0.786. The molecule has 0 aliphatic heterocycles. The molecule has 1 atom stereocenters. The molecular formula is C74H134O6. The van der Waals surface area contributed by atoms with Crippen LogP contribution in [0.2, 0.25) is 0 Å². The Balaban J connectivity index is 4.25. The second-order valence-electron chi connectivity index (χ2n) is 23.8. The van der Waals surface area contributed by atoms with Crippen molar-refractivity contribution in [1.29, 1.82) is 0 Å². The van der Waals surface area contributed by atoms with E-state index < -0.39 is 6.10 Å². The fraction of sp³-hybridized carbons (Fsp3) is 0.824. The van der Waals surface area contributed by atoms with E-state index in [1.54, 1.807) is 0 Å². The fourth-order valence-electron chi connectivity index (χ4n) is 10.5. The van der Waals surface area contributed by atoms with E-state index in [2.05, 4.69) is 81.5 Å². The van der Waals surface area contributed by atoms with E-state index in [0.29, 0.717) is 19.3 Å². The number of ether oxygens (including phenoxy) is 3. The van der Waals surface area contributed by atoms with Gasteiger partial charge < -0.3 is 14.2 Å². The molecule has 80 heavy (non-hydrogen) atoms. The third kappa shape index (κ3) is 65.9. The molecule has 0 saturated heterocycles. The summed E-state index contributed by atoms with van der Waals surface area (Å²) in [7, 11) is 0. The Morgan fingerprint density at radius 2 is 0.487 bits per heavy atom. The maximum absolute atomic E-state index is 13.0. The highest BCUT2D eigenvalue weighted by Gasteiger charge is 2.19. The van der Waals surface area contributed by atoms with Crippen molar-refractivity contribution in [2.75, 3.05) is 13.2 Å². The smallest absolute Gasteiger partial charge is 0.306 e. The highest BCUT2D eigenvalue weighted by atomic mass is 16.6. The van der Waals surface area contributed by atoms with Crippen molar-refractivity contribution >= 4 is 17.9 Å². The first-order chi connectivity index (χ1) is 39.5. The molecule has 0 aromatic rings. The van der Waals surface area contributed by atoms with Crippen molar-refractivity contribution in [2.45, 2.75) is 380 Å². The third-order valence-electron chi connectivity index (χ3n) is 15.8. The van der Waals surface area contributed by atoms with Crippen LogP contribution in [-0.2, 0) is 28.6 Å². The molecular weight excluding hydrogens is 985 g/mol. The summed E-state index contributed by atoms with van der Waals surface area (Å²) in [6, 6.07) is 0. The lowest BCUT2D eigenvalue weighted by Crippen LogP contribution is -2.30. The molecule has 0 aliphatic rings. The lowest BCUT2D eigenvalue weighted by Gasteiger charge is -2.18. The van der Waals surface area contributed by atoms with Gasteiger partial charge in [-0.05, 0) is 83.5 Å². The van der Waals surface area contributed by atoms with Gasteiger partial charge in [-0.2, -0.15) is 0 Å². The van der Waals surface area contributed by atoms with Gasteiger partial charge >= 0.3 is 17.9 Å². The van der Waals surface area contributed by atoms with Crippen LogP contribution in [0.4, 0.5) is 0 Å². The number of hydrogen-bond donors (Lipinski definition) is 0. The second kappa shape index (κ2) is 68.6. The van der Waals surface area contributed by atoms with Crippen molar-refractivity contribution in [3.8, 4) is 0 Å². The Morgan fingerprint density at radius 1 is 0.263 bits per heavy atom. The summed E-state index contributed by atoms with van der Waals surface area (Å²) in [5.74, 6) is -0.888. The highest BCUT2D eigenvalue weighted by molar-refractivity contribution is 5.71. The van der Waals surface area contributed by atoms with Crippen LogP contribution < -0.4 is 0 Å². The number of rotatable bonds is 65. The Bertz CT molecular complexity index is 1430. The summed E-state index contributed by atoms with van der Waals surface area (Å²) in [5, 5.41) is 0. The van der Waals surface area contributed by atoms with E-state index in [-0.39, 0.29) is 31.1 Å². The zero-order valence-corrected chi connectivity index (χ0v) is 53.6. The van der Waals surface area contributed by atoms with Gasteiger partial charge in [0.1, 0.15) is 13.2 Å². The molecule has 6 nitrogen and oxygen atoms in total. The minimum absolute atomic E-state index is 0.0803. The first kappa shape index (κ1) is 77.1. The first-order valence-corrected chi connectivity index (χ1v) is 35.3. The lowest BCUT2D eigenvalue weighted by atomic mass is 10.0. The average molecular weight is 1120 g/mol. The van der Waals surface area contributed by atoms with Gasteiger partial charge in [-0.3, -0.25) is 14.4 Å². The lowest BCUT2D eigenvalue weighted by molar-refractivity contribution is -0.167. The van der Waals surface area contributed by atoms with Gasteiger partial charge in [0, 0.05) is 19.3 Å². The van der Waals surface area contributed by atoms with E-state index >= 15 is 0 Å². The summed E-state index contributed by atoms with van der Waals surface area (Å²) in [6.45, 7) is 6.55. The van der Waals surface area contributed by atoms with Crippen molar-refractivity contribution in [2.24, 2.45) is 0 Å². The van der Waals surface area contributed by atoms with E-state index in [1.165, 1.54) is 244 Å². The molecule has 0 aromatic heterocycles. The van der Waals surface area contributed by atoms with E-state index in [9.17, 15) is 14.4 Å². The number of carbonyl (C=O) groups is 3. The summed E-state index contributed by atoms with van der Waals surface area (Å²) in [6.07, 6.45) is 88.3. The molecule has 0 radical (unpaired) electrons. The molecule has 466 valence electrons. The molecule has 0 spiro atoms. The van der Waals surface area contributed by atoms with E-state index in [1.807, 2.05) is 0 Å². The van der Waals surface area contributed by atoms with E-state index in [4.69, 9.17) is 14.2 Å². The monoisotopic (exact) mass is 1120 g/mol. The largest absolute Gasteiger partial charge is 0.462 e. The molecule has 1 unspecified atom stereocenters. The number of hydrogen-bond acceptors (Lipinski definition) is 6. The normalized spacial score (nSPS) is 12.4. The minimum Gasteiger partial charge on any atom is -0.462 e. The van der Waals surface area contributed by atoms with Crippen LogP contribution in [-0.4, -0.2) is 37.2 Å². The van der Waals surface area contributed by atoms with Crippen LogP contribution in [0.3, 0.4) is 0 Å². The number of carbonyl (C=O) groups excluding carboxylic acids is 3. The summed E-state index contributed by atoms with van der Waals surface area (Å²) >= 11 is 0. The van der Waals surface area contributed by atoms with E-state index in [0.717, 1.165) is 89.9 Å². The fourth-order valence-corrected chi connectivity index (χ4v) is 10.5. The van der Waals surface area contributed by atoms with Crippen LogP contribution in [0.25, 0.3) is 0 Å². The Labute approximate surface area is 498 Å². The predicted molar refractivity (Wildman–Crippen MR) is 348 cm³/mol. The number of esters is 3. The van der Waals surface area contributed by atoms with Gasteiger partial charge in [0.05, 0.1) is 0 Å². The molecule has 0 aromatic carbocycles. The zero-order valence-electron chi connectivity index (χ0n) is 53.6. The second-order valence-corrected chi connectivity index (χ2v) is 23.8. The van der Waals surface area contributed by atoms with Gasteiger partial charge in [-0.15, -0.1) is 0 Å². The van der Waals surface area contributed by atoms with Crippen molar-refractivity contribution in [3.05, 3.63) is 60.8 Å². The van der Waals surface area contributed by atoms with Crippen molar-refractivity contribution in [3.63, 3.8) is 0 Å². The van der Waals surface area contributed by atoms with Gasteiger partial charge in [-0.1, -0.05) is 332 Å². The molecule has 0 N–H and O–H groups in total. The standard InChI is InChI=1S/C74H134O6/c1-4-7-10-13-16-19-22-25-27-29-31-33-35-37-39-40-42-44-46-49-52-55-58-61-64-67-73(76)79-70-71(69-78-72(75)66-63-60-57-54-51-48-24-21-18-15-12-9-6-3)80-74(77)68-65-62-59-56-53-50-47-45-43-41-38-36-34-32-30-28-26-23-20-17-14-11-8-5-2/h9,12,18,21-22,25,29,31,48,51,71H,4-8,10-11,13-17,19-20,23-24,26-28,30,32-47,49-50,52-70H2,1-3H3/b12-9-,21-18-,25-22-,31-29-,51-48-. The molecule has 0 bridgehead atoms. The van der Waals surface area contributed by atoms with Gasteiger partial charge in [-0.25, -0.2) is 0 Å². The van der Waals surface area contributed by atoms with Gasteiger partial charge in [0.15, 0.2) is 6.10 Å². The highest BCUT2D eigenvalue weighted by Crippen LogP contribution is 2.18. The molecule has 0 saturated carbocycles. The Hall–Kier alpha value is -2.89. The molecule has 0 fully saturated rings. The molecule has 0 aliphatic carbocycles. The Morgan fingerprint density at radius 3 is 0.775 bits per heavy atom. The average Bonchev–Trinajstić information content (AvgIpc) is 3.46. The summed E-state index contributed by atoms with van der Waals surface area (Å²) in [4.78, 5) is 38.4. The quantitative estimate of drug-likeness (QED) is 0.0261. The zero-order chi connectivity index (χ0) is 57.8. The van der Waals surface area contributed by atoms with Crippen LogP contribution in [0.5, 0.6) is 0 Å². The van der Waals surface area contributed by atoms with Crippen LogP contribution in [0.1, 0.15) is 374 Å². The number of allylic oxidation sites excluding steroid dienone is 10. The van der Waals surface area contributed by atoms with Gasteiger partial charge in [0.2, 0.25) is 0 Å². The third-order valence-corrected chi connectivity index (χ3v) is 15.8. The molecule has 0 heterocycles. The van der Waals surface area contributed by atoms with Crippen molar-refractivity contribution < 1.29 is 28.6 Å². The Kier molecular flexibility index (Phi) is 66.1. The maximum Gasteiger partial charge on any atom is 0.306 e. The van der Waals surface area contributed by atoms with Crippen molar-refractivity contribution in [1.82, 2.24) is 0 Å². The predicted octanol–water partition coefficient (Wildman–Crippen LogP) is 24.3. The molecule has 0 rings (SSSR count). The summed E-state index contributed by atoms with van der Waals surface area (Å²) in [5.41, 5.74) is 0. The molecule has 0 amide bonds. The van der Waals surface area contributed by atoms with Crippen LogP contribution in [0.15, 0.2) is 60.8 Å². The maximum atomic E-state index is 13.0. The topological polar surface area (TPSA) is 78.9 Å².